The molecule has 2 N–H and O–H groups in total. The lowest BCUT2D eigenvalue weighted by Crippen LogP contribution is -2.29. The first kappa shape index (κ1) is 24.9. The summed E-state index contributed by atoms with van der Waals surface area (Å²) in [6.45, 7) is 0. The van der Waals surface area contributed by atoms with Crippen LogP contribution in [0.5, 0.6) is 23.0 Å². The zero-order chi connectivity index (χ0) is 24.8. The van der Waals surface area contributed by atoms with Crippen LogP contribution in [-0.2, 0) is 16.0 Å². The highest BCUT2D eigenvalue weighted by atomic mass is 16.5. The van der Waals surface area contributed by atoms with Crippen LogP contribution in [0.2, 0.25) is 0 Å². The molecule has 0 saturated carbocycles. The van der Waals surface area contributed by atoms with E-state index in [1.165, 1.54) is 27.4 Å². The second kappa shape index (κ2) is 10.9. The number of carbonyl (C=O) groups excluding carboxylic acids is 1. The Morgan fingerprint density at radius 3 is 2.29 bits per heavy atom. The number of methoxy groups -OCH3 is 4. The average Bonchev–Trinajstić information content (AvgIpc) is 3.06. The summed E-state index contributed by atoms with van der Waals surface area (Å²) < 4.78 is 22.1. The van der Waals surface area contributed by atoms with Crippen molar-refractivity contribution < 1.29 is 33.6 Å². The van der Waals surface area contributed by atoms with Crippen molar-refractivity contribution in [3.05, 3.63) is 45.6 Å². The highest BCUT2D eigenvalue weighted by molar-refractivity contribution is 5.84. The summed E-state index contributed by atoms with van der Waals surface area (Å²) in [5.41, 5.74) is 2.65. The van der Waals surface area contributed by atoms with Gasteiger partial charge < -0.3 is 29.4 Å². The molecule has 0 aliphatic heterocycles. The second-order valence-corrected chi connectivity index (χ2v) is 7.86. The van der Waals surface area contributed by atoms with Gasteiger partial charge in [-0.05, 0) is 54.2 Å². The van der Waals surface area contributed by atoms with Crippen LogP contribution in [0.4, 0.5) is 0 Å². The standard InChI is InChI=1S/C25H29NO8/c1-31-19-11-9-15-16(13-18(19)27)17(26-21(28)6-5-7-22(29)30)10-8-14-12-20(32-2)24(33-3)25(34-4)23(14)15/h9,11-13,17H,5-8,10H2,1-4H3,(H,26,28)(H,29,30)/t17-/m0/s1. The van der Waals surface area contributed by atoms with Crippen molar-refractivity contribution in [1.29, 1.82) is 0 Å². The number of carboxylic acid groups (broad SMARTS) is 1. The molecule has 0 aromatic heterocycles. The van der Waals surface area contributed by atoms with Gasteiger partial charge >= 0.3 is 5.97 Å². The summed E-state index contributed by atoms with van der Waals surface area (Å²) >= 11 is 0. The van der Waals surface area contributed by atoms with Gasteiger partial charge in [0.25, 0.3) is 0 Å². The summed E-state index contributed by atoms with van der Waals surface area (Å²) in [5.74, 6) is 0.332. The lowest BCUT2D eigenvalue weighted by Gasteiger charge is -2.20. The third-order valence-electron chi connectivity index (χ3n) is 5.85. The smallest absolute Gasteiger partial charge is 0.303 e. The van der Waals surface area contributed by atoms with Gasteiger partial charge in [0, 0.05) is 18.4 Å². The molecule has 0 fully saturated rings. The number of carboxylic acids is 1. The van der Waals surface area contributed by atoms with E-state index in [1.54, 1.807) is 19.2 Å². The Hall–Kier alpha value is -3.75. The molecular weight excluding hydrogens is 442 g/mol. The van der Waals surface area contributed by atoms with Crippen LogP contribution in [0, 0.1) is 0 Å². The average molecular weight is 472 g/mol. The predicted molar refractivity (Wildman–Crippen MR) is 125 cm³/mol. The molecule has 1 atom stereocenters. The van der Waals surface area contributed by atoms with Crippen LogP contribution < -0.4 is 29.7 Å². The molecule has 1 aliphatic carbocycles. The van der Waals surface area contributed by atoms with Gasteiger partial charge in [0.1, 0.15) is 0 Å². The zero-order valence-corrected chi connectivity index (χ0v) is 19.7. The first-order valence-corrected chi connectivity index (χ1v) is 10.9. The normalized spacial score (nSPS) is 14.2. The molecule has 1 amide bonds. The van der Waals surface area contributed by atoms with Gasteiger partial charge in [0.05, 0.1) is 34.5 Å². The van der Waals surface area contributed by atoms with Crippen molar-refractivity contribution in [2.24, 2.45) is 0 Å². The molecule has 0 radical (unpaired) electrons. The van der Waals surface area contributed by atoms with E-state index in [4.69, 9.17) is 24.1 Å². The first-order chi connectivity index (χ1) is 16.3. The number of rotatable bonds is 9. The van der Waals surface area contributed by atoms with Crippen LogP contribution in [0.1, 0.15) is 42.9 Å². The minimum absolute atomic E-state index is 0.0720. The molecule has 0 unspecified atom stereocenters. The van der Waals surface area contributed by atoms with E-state index >= 15 is 0 Å². The number of fused-ring (bicyclic) bond motifs is 3. The Morgan fingerprint density at radius 1 is 0.971 bits per heavy atom. The van der Waals surface area contributed by atoms with Crippen molar-refractivity contribution in [3.8, 4) is 34.1 Å². The maximum atomic E-state index is 12.8. The quantitative estimate of drug-likeness (QED) is 0.572. The van der Waals surface area contributed by atoms with Gasteiger partial charge in [-0.25, -0.2) is 0 Å². The van der Waals surface area contributed by atoms with E-state index in [9.17, 15) is 14.4 Å². The molecule has 0 bridgehead atoms. The number of aryl methyl sites for hydroxylation is 1. The minimum atomic E-state index is -0.951. The molecular formula is C25H29NO8. The molecule has 3 rings (SSSR count). The Balaban J connectivity index is 2.18. The largest absolute Gasteiger partial charge is 0.493 e. The topological polar surface area (TPSA) is 120 Å². The molecule has 34 heavy (non-hydrogen) atoms. The van der Waals surface area contributed by atoms with E-state index in [-0.39, 0.29) is 36.3 Å². The molecule has 2 aromatic rings. The van der Waals surface area contributed by atoms with Gasteiger partial charge in [0.15, 0.2) is 17.2 Å². The molecule has 1 aliphatic rings. The van der Waals surface area contributed by atoms with Gasteiger partial charge in [-0.15, -0.1) is 0 Å². The Kier molecular flexibility index (Phi) is 7.99. The molecule has 9 nitrogen and oxygen atoms in total. The molecule has 0 saturated heterocycles. The van der Waals surface area contributed by atoms with Crippen molar-refractivity contribution in [2.75, 3.05) is 28.4 Å². The number of ether oxygens (including phenoxy) is 4. The van der Waals surface area contributed by atoms with Crippen molar-refractivity contribution in [3.63, 3.8) is 0 Å². The maximum Gasteiger partial charge on any atom is 0.303 e. The lowest BCUT2D eigenvalue weighted by molar-refractivity contribution is -0.137. The SMILES string of the molecule is COc1cc2c(c(OC)c1OC)-c1ccc(OC)c(=O)cc1[C@@H](NC(=O)CCCC(=O)O)CC2. The number of hydrogen-bond donors (Lipinski definition) is 2. The van der Waals surface area contributed by atoms with Gasteiger partial charge in [-0.1, -0.05) is 6.07 Å². The van der Waals surface area contributed by atoms with Gasteiger partial charge in [-0.3, -0.25) is 14.4 Å². The van der Waals surface area contributed by atoms with Crippen molar-refractivity contribution >= 4 is 11.9 Å². The molecule has 2 aromatic carbocycles. The third-order valence-corrected chi connectivity index (χ3v) is 5.85. The summed E-state index contributed by atoms with van der Waals surface area (Å²) in [6.07, 6.45) is 1.29. The number of carbonyl (C=O) groups is 2. The fourth-order valence-corrected chi connectivity index (χ4v) is 4.28. The highest BCUT2D eigenvalue weighted by Crippen LogP contribution is 2.50. The van der Waals surface area contributed by atoms with E-state index in [0.717, 1.165) is 11.1 Å². The van der Waals surface area contributed by atoms with Crippen LogP contribution >= 0.6 is 0 Å². The summed E-state index contributed by atoms with van der Waals surface area (Å²) in [5, 5.41) is 11.8. The highest BCUT2D eigenvalue weighted by Gasteiger charge is 2.29. The van der Waals surface area contributed by atoms with Crippen LogP contribution in [-0.4, -0.2) is 45.4 Å². The van der Waals surface area contributed by atoms with Crippen LogP contribution in [0.15, 0.2) is 29.1 Å². The van der Waals surface area contributed by atoms with E-state index in [2.05, 4.69) is 5.32 Å². The molecule has 182 valence electrons. The van der Waals surface area contributed by atoms with Crippen LogP contribution in [0.25, 0.3) is 11.1 Å². The second-order valence-electron chi connectivity index (χ2n) is 7.86. The number of aliphatic carboxylic acids is 1. The zero-order valence-electron chi connectivity index (χ0n) is 19.7. The Morgan fingerprint density at radius 2 is 1.68 bits per heavy atom. The molecule has 0 heterocycles. The summed E-state index contributed by atoms with van der Waals surface area (Å²) in [6, 6.07) is 6.24. The number of amides is 1. The maximum absolute atomic E-state index is 12.8. The Labute approximate surface area is 197 Å². The number of benzene rings is 1. The van der Waals surface area contributed by atoms with Crippen LogP contribution in [0.3, 0.4) is 0 Å². The fourth-order valence-electron chi connectivity index (χ4n) is 4.28. The van der Waals surface area contributed by atoms with E-state index in [1.807, 2.05) is 6.07 Å². The number of hydrogen-bond acceptors (Lipinski definition) is 7. The van der Waals surface area contributed by atoms with Crippen molar-refractivity contribution in [1.82, 2.24) is 5.32 Å². The van der Waals surface area contributed by atoms with E-state index in [0.29, 0.717) is 41.2 Å². The first-order valence-electron chi connectivity index (χ1n) is 10.9. The van der Waals surface area contributed by atoms with E-state index < -0.39 is 12.0 Å². The summed E-state index contributed by atoms with van der Waals surface area (Å²) in [4.78, 5) is 36.2. The predicted octanol–water partition coefficient (Wildman–Crippen LogP) is 3.11. The van der Waals surface area contributed by atoms with Gasteiger partial charge in [-0.2, -0.15) is 0 Å². The molecule has 9 heteroatoms. The lowest BCUT2D eigenvalue weighted by atomic mass is 9.95. The number of nitrogens with one attached hydrogen (secondary N) is 1. The fraction of sp³-hybridized carbons (Fsp3) is 0.400. The monoisotopic (exact) mass is 471 g/mol. The van der Waals surface area contributed by atoms with Crippen molar-refractivity contribution in [2.45, 2.75) is 38.1 Å². The molecule has 0 spiro atoms. The third kappa shape index (κ3) is 5.08. The Bertz CT molecular complexity index is 1140. The minimum Gasteiger partial charge on any atom is -0.493 e. The van der Waals surface area contributed by atoms with Gasteiger partial charge in [0.2, 0.25) is 17.1 Å². The summed E-state index contributed by atoms with van der Waals surface area (Å²) in [7, 11) is 6.02.